The second kappa shape index (κ2) is 6.99. The maximum Gasteiger partial charge on any atom is 0.0553 e. The van der Waals surface area contributed by atoms with Crippen LogP contribution in [-0.2, 0) is 11.8 Å². The molecule has 0 heterocycles. The Balaban J connectivity index is 2.40. The highest BCUT2D eigenvalue weighted by Gasteiger charge is 2.32. The van der Waals surface area contributed by atoms with Gasteiger partial charge in [0.25, 0.3) is 0 Å². The number of hydrogen-bond acceptors (Lipinski definition) is 2. The number of halogens is 3. The predicted molar refractivity (Wildman–Crippen MR) is 87.5 cm³/mol. The molecule has 0 aliphatic heterocycles. The standard InChI is InChI=1S/C16H15Cl3O2/c17-13-5-2-12(3-6-13)16(9-20,10-21)8-11-1-4-14(18)7-15(11)19/h1-7,20-21H,8-10H2. The molecule has 0 saturated carbocycles. The molecule has 112 valence electrons. The van der Waals surface area contributed by atoms with Crippen LogP contribution in [-0.4, -0.2) is 23.4 Å². The minimum Gasteiger partial charge on any atom is -0.395 e. The summed E-state index contributed by atoms with van der Waals surface area (Å²) in [4.78, 5) is 0. The lowest BCUT2D eigenvalue weighted by Gasteiger charge is -2.31. The summed E-state index contributed by atoms with van der Waals surface area (Å²) in [5, 5.41) is 21.4. The summed E-state index contributed by atoms with van der Waals surface area (Å²) in [6, 6.07) is 12.3. The lowest BCUT2D eigenvalue weighted by atomic mass is 9.77. The predicted octanol–water partition coefficient (Wildman–Crippen LogP) is 4.11. The fourth-order valence-corrected chi connectivity index (χ4v) is 2.88. The van der Waals surface area contributed by atoms with Crippen LogP contribution in [0, 0.1) is 0 Å². The van der Waals surface area contributed by atoms with Crippen molar-refractivity contribution in [2.24, 2.45) is 0 Å². The summed E-state index contributed by atoms with van der Waals surface area (Å²) < 4.78 is 0. The van der Waals surface area contributed by atoms with E-state index in [-0.39, 0.29) is 13.2 Å². The van der Waals surface area contributed by atoms with Crippen molar-refractivity contribution >= 4 is 34.8 Å². The zero-order valence-electron chi connectivity index (χ0n) is 11.2. The first-order valence-corrected chi connectivity index (χ1v) is 7.56. The Bertz CT molecular complexity index is 607. The zero-order chi connectivity index (χ0) is 15.5. The van der Waals surface area contributed by atoms with Gasteiger partial charge in [0, 0.05) is 20.5 Å². The molecule has 21 heavy (non-hydrogen) atoms. The van der Waals surface area contributed by atoms with Crippen LogP contribution >= 0.6 is 34.8 Å². The van der Waals surface area contributed by atoms with Crippen LogP contribution in [0.5, 0.6) is 0 Å². The molecule has 0 saturated heterocycles. The fourth-order valence-electron chi connectivity index (χ4n) is 2.28. The van der Waals surface area contributed by atoms with Gasteiger partial charge in [-0.25, -0.2) is 0 Å². The van der Waals surface area contributed by atoms with E-state index in [1.54, 1.807) is 42.5 Å². The van der Waals surface area contributed by atoms with Gasteiger partial charge in [-0.2, -0.15) is 0 Å². The second-order valence-corrected chi connectivity index (χ2v) is 6.30. The topological polar surface area (TPSA) is 40.5 Å². The molecule has 0 bridgehead atoms. The highest BCUT2D eigenvalue weighted by atomic mass is 35.5. The minimum absolute atomic E-state index is 0.204. The van der Waals surface area contributed by atoms with Crippen LogP contribution in [0.25, 0.3) is 0 Å². The van der Waals surface area contributed by atoms with E-state index in [0.29, 0.717) is 21.5 Å². The van der Waals surface area contributed by atoms with Crippen LogP contribution < -0.4 is 0 Å². The molecule has 2 rings (SSSR count). The molecule has 0 aliphatic rings. The smallest absolute Gasteiger partial charge is 0.0553 e. The lowest BCUT2D eigenvalue weighted by Crippen LogP contribution is -2.37. The maximum absolute atomic E-state index is 9.84. The Hall–Kier alpha value is -0.770. The van der Waals surface area contributed by atoms with Crippen LogP contribution in [0.15, 0.2) is 42.5 Å². The van der Waals surface area contributed by atoms with Gasteiger partial charge in [-0.1, -0.05) is 53.0 Å². The quantitative estimate of drug-likeness (QED) is 0.856. The molecule has 0 amide bonds. The molecule has 5 heteroatoms. The van der Waals surface area contributed by atoms with Gasteiger partial charge in [-0.3, -0.25) is 0 Å². The molecular weight excluding hydrogens is 331 g/mol. The second-order valence-electron chi connectivity index (χ2n) is 5.02. The van der Waals surface area contributed by atoms with Gasteiger partial charge in [-0.15, -0.1) is 0 Å². The third kappa shape index (κ3) is 3.71. The zero-order valence-corrected chi connectivity index (χ0v) is 13.5. The Morgan fingerprint density at radius 1 is 0.810 bits per heavy atom. The van der Waals surface area contributed by atoms with Crippen LogP contribution in [0.1, 0.15) is 11.1 Å². The van der Waals surface area contributed by atoms with Crippen molar-refractivity contribution in [2.45, 2.75) is 11.8 Å². The third-order valence-corrected chi connectivity index (χ3v) is 4.44. The molecule has 0 aliphatic carbocycles. The van der Waals surface area contributed by atoms with E-state index < -0.39 is 5.41 Å². The number of hydrogen-bond donors (Lipinski definition) is 2. The normalized spacial score (nSPS) is 11.7. The molecule has 0 atom stereocenters. The van der Waals surface area contributed by atoms with Crippen LogP contribution in [0.2, 0.25) is 15.1 Å². The Morgan fingerprint density at radius 3 is 1.90 bits per heavy atom. The summed E-state index contributed by atoms with van der Waals surface area (Å²) in [6.07, 6.45) is 0.400. The highest BCUT2D eigenvalue weighted by molar-refractivity contribution is 6.35. The molecule has 2 aromatic carbocycles. The van der Waals surface area contributed by atoms with Gasteiger partial charge in [0.05, 0.1) is 13.2 Å². The monoisotopic (exact) mass is 344 g/mol. The van der Waals surface area contributed by atoms with Gasteiger partial charge >= 0.3 is 0 Å². The average Bonchev–Trinajstić information content (AvgIpc) is 2.48. The van der Waals surface area contributed by atoms with E-state index in [1.165, 1.54) is 0 Å². The molecule has 0 spiro atoms. The molecule has 0 radical (unpaired) electrons. The number of aliphatic hydroxyl groups is 2. The van der Waals surface area contributed by atoms with E-state index >= 15 is 0 Å². The van der Waals surface area contributed by atoms with E-state index in [9.17, 15) is 10.2 Å². The van der Waals surface area contributed by atoms with Gasteiger partial charge in [0.1, 0.15) is 0 Å². The molecular formula is C16H15Cl3O2. The molecule has 2 nitrogen and oxygen atoms in total. The first-order chi connectivity index (χ1) is 10.0. The first kappa shape index (κ1) is 16.6. The van der Waals surface area contributed by atoms with Crippen molar-refractivity contribution in [3.63, 3.8) is 0 Å². The maximum atomic E-state index is 9.84. The van der Waals surface area contributed by atoms with Crippen LogP contribution in [0.3, 0.4) is 0 Å². The van der Waals surface area contributed by atoms with Crippen molar-refractivity contribution in [2.75, 3.05) is 13.2 Å². The lowest BCUT2D eigenvalue weighted by molar-refractivity contribution is 0.116. The van der Waals surface area contributed by atoms with Crippen molar-refractivity contribution in [1.82, 2.24) is 0 Å². The number of benzene rings is 2. The van der Waals surface area contributed by atoms with Crippen molar-refractivity contribution in [1.29, 1.82) is 0 Å². The highest BCUT2D eigenvalue weighted by Crippen LogP contribution is 2.32. The molecule has 0 aromatic heterocycles. The van der Waals surface area contributed by atoms with Crippen LogP contribution in [0.4, 0.5) is 0 Å². The van der Waals surface area contributed by atoms with E-state index in [2.05, 4.69) is 0 Å². The van der Waals surface area contributed by atoms with Gasteiger partial charge in [0.2, 0.25) is 0 Å². The summed E-state index contributed by atoms with van der Waals surface area (Å²) in [6.45, 7) is -0.409. The number of aliphatic hydroxyl groups excluding tert-OH is 2. The van der Waals surface area contributed by atoms with Crippen molar-refractivity contribution < 1.29 is 10.2 Å². The third-order valence-electron chi connectivity index (χ3n) is 3.61. The van der Waals surface area contributed by atoms with Gasteiger partial charge < -0.3 is 10.2 Å². The average molecular weight is 346 g/mol. The fraction of sp³-hybridized carbons (Fsp3) is 0.250. The first-order valence-electron chi connectivity index (χ1n) is 6.42. The van der Waals surface area contributed by atoms with Gasteiger partial charge in [0.15, 0.2) is 0 Å². The largest absolute Gasteiger partial charge is 0.395 e. The molecule has 0 fully saturated rings. The summed E-state index contributed by atoms with van der Waals surface area (Å²) >= 11 is 18.0. The Labute approximate surface area is 138 Å². The Morgan fingerprint density at radius 2 is 1.38 bits per heavy atom. The van der Waals surface area contributed by atoms with Gasteiger partial charge in [-0.05, 0) is 41.8 Å². The molecule has 2 aromatic rings. The summed E-state index contributed by atoms with van der Waals surface area (Å²) in [5.74, 6) is 0. The van der Waals surface area contributed by atoms with Crippen molar-refractivity contribution in [3.05, 3.63) is 68.7 Å². The minimum atomic E-state index is -0.817. The summed E-state index contributed by atoms with van der Waals surface area (Å²) in [5.41, 5.74) is 0.809. The number of rotatable bonds is 5. The SMILES string of the molecule is OCC(CO)(Cc1ccc(Cl)cc1Cl)c1ccc(Cl)cc1. The summed E-state index contributed by atoms with van der Waals surface area (Å²) in [7, 11) is 0. The van der Waals surface area contributed by atoms with E-state index in [0.717, 1.165) is 11.1 Å². The van der Waals surface area contributed by atoms with E-state index in [4.69, 9.17) is 34.8 Å². The molecule has 2 N–H and O–H groups in total. The Kier molecular flexibility index (Phi) is 5.53. The molecule has 0 unspecified atom stereocenters. The van der Waals surface area contributed by atoms with Crippen molar-refractivity contribution in [3.8, 4) is 0 Å². The van der Waals surface area contributed by atoms with E-state index in [1.807, 2.05) is 0 Å².